The third-order valence-electron chi connectivity index (χ3n) is 5.97. The molecule has 5 nitrogen and oxygen atoms in total. The van der Waals surface area contributed by atoms with Gasteiger partial charge in [-0.2, -0.15) is 18.3 Å². The van der Waals surface area contributed by atoms with Crippen LogP contribution in [0.15, 0.2) is 36.4 Å². The lowest BCUT2D eigenvalue weighted by Crippen LogP contribution is -2.43. The van der Waals surface area contributed by atoms with Crippen molar-refractivity contribution in [3.05, 3.63) is 47.7 Å². The van der Waals surface area contributed by atoms with Gasteiger partial charge in [-0.1, -0.05) is 37.3 Å². The van der Waals surface area contributed by atoms with E-state index < -0.39 is 18.3 Å². The van der Waals surface area contributed by atoms with Crippen LogP contribution in [-0.2, 0) is 0 Å². The molecule has 1 amide bonds. The molecule has 3 heterocycles. The summed E-state index contributed by atoms with van der Waals surface area (Å²) in [4.78, 5) is 14.8. The predicted octanol–water partition coefficient (Wildman–Crippen LogP) is 4.95. The zero-order valence-electron chi connectivity index (χ0n) is 16.3. The Balaban J connectivity index is 1.66. The second kappa shape index (κ2) is 7.72. The number of hydrogen-bond donors (Lipinski definition) is 1. The number of aromatic nitrogens is 2. The first-order valence-electron chi connectivity index (χ1n) is 10.2. The van der Waals surface area contributed by atoms with Crippen LogP contribution in [0.3, 0.4) is 0 Å². The molecule has 0 radical (unpaired) electrons. The van der Waals surface area contributed by atoms with E-state index in [4.69, 9.17) is 0 Å². The van der Waals surface area contributed by atoms with Crippen molar-refractivity contribution >= 4 is 11.7 Å². The molecule has 4 rings (SSSR count). The molecule has 2 aliphatic heterocycles. The quantitative estimate of drug-likeness (QED) is 0.785. The van der Waals surface area contributed by atoms with Crippen molar-refractivity contribution in [2.24, 2.45) is 0 Å². The molecule has 2 aromatic rings. The van der Waals surface area contributed by atoms with Crippen LogP contribution in [-0.4, -0.2) is 39.4 Å². The number of fused-ring (bicyclic) bond motifs is 1. The van der Waals surface area contributed by atoms with Crippen LogP contribution in [0.25, 0.3) is 0 Å². The van der Waals surface area contributed by atoms with E-state index in [1.807, 2.05) is 37.3 Å². The van der Waals surface area contributed by atoms with Gasteiger partial charge in [-0.15, -0.1) is 0 Å². The Hall–Kier alpha value is -2.51. The van der Waals surface area contributed by atoms with Gasteiger partial charge in [-0.25, -0.2) is 4.68 Å². The summed E-state index contributed by atoms with van der Waals surface area (Å²) in [5.74, 6) is -0.0433. The molecule has 1 fully saturated rings. The summed E-state index contributed by atoms with van der Waals surface area (Å²) in [5, 5.41) is 7.26. The Morgan fingerprint density at radius 2 is 2.00 bits per heavy atom. The highest BCUT2D eigenvalue weighted by atomic mass is 19.4. The van der Waals surface area contributed by atoms with Crippen molar-refractivity contribution in [1.82, 2.24) is 14.7 Å². The number of hydrogen-bond acceptors (Lipinski definition) is 3. The van der Waals surface area contributed by atoms with Crippen molar-refractivity contribution in [2.75, 3.05) is 11.9 Å². The van der Waals surface area contributed by atoms with Crippen LogP contribution in [0.4, 0.5) is 19.0 Å². The summed E-state index contributed by atoms with van der Waals surface area (Å²) >= 11 is 0. The number of nitrogens with one attached hydrogen (secondary N) is 1. The van der Waals surface area contributed by atoms with Gasteiger partial charge < -0.3 is 10.2 Å². The molecule has 2 aliphatic rings. The van der Waals surface area contributed by atoms with Crippen molar-refractivity contribution < 1.29 is 18.0 Å². The Kier molecular flexibility index (Phi) is 5.27. The van der Waals surface area contributed by atoms with Gasteiger partial charge in [0.05, 0.1) is 6.04 Å². The lowest BCUT2D eigenvalue weighted by Gasteiger charge is -2.34. The van der Waals surface area contributed by atoms with Gasteiger partial charge in [0, 0.05) is 25.1 Å². The lowest BCUT2D eigenvalue weighted by atomic mass is 9.97. The minimum absolute atomic E-state index is 0.0795. The number of carbonyl (C=O) groups excluding carboxylic acids is 1. The number of benzene rings is 1. The lowest BCUT2D eigenvalue weighted by molar-refractivity contribution is -0.173. The number of halogens is 3. The third kappa shape index (κ3) is 3.84. The Labute approximate surface area is 167 Å². The molecule has 156 valence electrons. The zero-order chi connectivity index (χ0) is 20.6. The number of likely N-dealkylation sites (tertiary alicyclic amines) is 1. The molecular formula is C21H25F3N4O. The predicted molar refractivity (Wildman–Crippen MR) is 104 cm³/mol. The second-order valence-electron chi connectivity index (χ2n) is 7.82. The maximum absolute atomic E-state index is 13.8. The molecular weight excluding hydrogens is 381 g/mol. The van der Waals surface area contributed by atoms with Crippen LogP contribution in [0.1, 0.15) is 67.2 Å². The van der Waals surface area contributed by atoms with Crippen LogP contribution in [0, 0.1) is 0 Å². The van der Waals surface area contributed by atoms with E-state index in [2.05, 4.69) is 10.4 Å². The van der Waals surface area contributed by atoms with Gasteiger partial charge in [-0.05, 0) is 31.2 Å². The molecule has 29 heavy (non-hydrogen) atoms. The maximum atomic E-state index is 13.8. The van der Waals surface area contributed by atoms with E-state index in [1.54, 1.807) is 4.90 Å². The van der Waals surface area contributed by atoms with Gasteiger partial charge in [0.25, 0.3) is 5.91 Å². The molecule has 0 bridgehead atoms. The second-order valence-corrected chi connectivity index (χ2v) is 7.82. The highest BCUT2D eigenvalue weighted by Gasteiger charge is 2.47. The summed E-state index contributed by atoms with van der Waals surface area (Å²) < 4.78 is 42.4. The van der Waals surface area contributed by atoms with E-state index in [0.717, 1.165) is 35.9 Å². The number of amides is 1. The van der Waals surface area contributed by atoms with Gasteiger partial charge in [-0.3, -0.25) is 4.79 Å². The van der Waals surface area contributed by atoms with E-state index in [-0.39, 0.29) is 29.9 Å². The fraction of sp³-hybridized carbons (Fsp3) is 0.524. The van der Waals surface area contributed by atoms with Crippen LogP contribution in [0.5, 0.6) is 0 Å². The molecule has 1 aromatic heterocycles. The molecule has 0 saturated carbocycles. The Morgan fingerprint density at radius 3 is 2.69 bits per heavy atom. The number of anilines is 1. The van der Waals surface area contributed by atoms with Gasteiger partial charge >= 0.3 is 6.18 Å². The SMILES string of the molecule is CC[C@@H]1CCCCN1C(=O)c1cc2n(n1)[C@H](C(F)(F)F)C[C@H](c1ccccc1)N2. The molecule has 1 aromatic carbocycles. The zero-order valence-corrected chi connectivity index (χ0v) is 16.3. The van der Waals surface area contributed by atoms with E-state index in [0.29, 0.717) is 6.54 Å². The Morgan fingerprint density at radius 1 is 1.24 bits per heavy atom. The van der Waals surface area contributed by atoms with E-state index >= 15 is 0 Å². The largest absolute Gasteiger partial charge is 0.410 e. The summed E-state index contributed by atoms with van der Waals surface area (Å²) in [6.45, 7) is 2.66. The molecule has 0 unspecified atom stereocenters. The number of piperidine rings is 1. The molecule has 1 N–H and O–H groups in total. The highest BCUT2D eigenvalue weighted by Crippen LogP contribution is 2.43. The summed E-state index contributed by atoms with van der Waals surface area (Å²) in [5.41, 5.74) is 0.861. The van der Waals surface area contributed by atoms with Crippen molar-refractivity contribution in [3.8, 4) is 0 Å². The average Bonchev–Trinajstić information content (AvgIpc) is 3.16. The smallest absolute Gasteiger partial charge is 0.363 e. The first-order valence-corrected chi connectivity index (χ1v) is 10.2. The van der Waals surface area contributed by atoms with E-state index in [1.165, 1.54) is 6.07 Å². The van der Waals surface area contributed by atoms with Gasteiger partial charge in [0.1, 0.15) is 5.82 Å². The minimum Gasteiger partial charge on any atom is -0.363 e. The summed E-state index contributed by atoms with van der Waals surface area (Å²) in [7, 11) is 0. The van der Waals surface area contributed by atoms with Gasteiger partial charge in [0.15, 0.2) is 11.7 Å². The number of alkyl halides is 3. The summed E-state index contributed by atoms with van der Waals surface area (Å²) in [6.07, 6.45) is -0.883. The van der Waals surface area contributed by atoms with Crippen molar-refractivity contribution in [2.45, 2.75) is 63.3 Å². The molecule has 0 aliphatic carbocycles. The number of carbonyl (C=O) groups is 1. The average molecular weight is 406 g/mol. The summed E-state index contributed by atoms with van der Waals surface area (Å²) in [6, 6.07) is 8.39. The van der Waals surface area contributed by atoms with Crippen LogP contribution < -0.4 is 5.32 Å². The molecule has 8 heteroatoms. The van der Waals surface area contributed by atoms with Crippen LogP contribution in [0.2, 0.25) is 0 Å². The standard InChI is InChI=1S/C21H25F3N4O/c1-2-15-10-6-7-11-27(15)20(29)17-13-19-25-16(14-8-4-3-5-9-14)12-18(21(22,23)24)28(19)26-17/h3-5,8-9,13,15-16,18,25H,2,6-7,10-12H2,1H3/t15-,16-,18+/m1/s1. The minimum atomic E-state index is -4.45. The fourth-order valence-electron chi connectivity index (χ4n) is 4.42. The van der Waals surface area contributed by atoms with Gasteiger partial charge in [0.2, 0.25) is 0 Å². The first-order chi connectivity index (χ1) is 13.9. The van der Waals surface area contributed by atoms with E-state index in [9.17, 15) is 18.0 Å². The normalized spacial score (nSPS) is 24.7. The first kappa shape index (κ1) is 19.8. The monoisotopic (exact) mass is 406 g/mol. The maximum Gasteiger partial charge on any atom is 0.410 e. The molecule has 0 spiro atoms. The topological polar surface area (TPSA) is 50.2 Å². The van der Waals surface area contributed by atoms with Crippen LogP contribution >= 0.6 is 0 Å². The Bertz CT molecular complexity index is 865. The van der Waals surface area contributed by atoms with Crippen molar-refractivity contribution in [1.29, 1.82) is 0 Å². The number of rotatable bonds is 3. The fourth-order valence-corrected chi connectivity index (χ4v) is 4.42. The highest BCUT2D eigenvalue weighted by molar-refractivity contribution is 5.93. The van der Waals surface area contributed by atoms with Crippen molar-refractivity contribution in [3.63, 3.8) is 0 Å². The molecule has 3 atom stereocenters. The number of nitrogens with zero attached hydrogens (tertiary/aromatic N) is 3. The molecule has 1 saturated heterocycles. The third-order valence-corrected chi connectivity index (χ3v) is 5.97.